The number of rotatable bonds is 2. The highest BCUT2D eigenvalue weighted by molar-refractivity contribution is 6.07. The molecule has 0 aromatic carbocycles. The Bertz CT molecular complexity index is 692. The molecule has 18 heavy (non-hydrogen) atoms. The Morgan fingerprint density at radius 2 is 2.11 bits per heavy atom. The lowest BCUT2D eigenvalue weighted by Crippen LogP contribution is -2.12. The lowest BCUT2D eigenvalue weighted by atomic mass is 10.2. The molecule has 0 bridgehead atoms. The molecule has 3 heterocycles. The number of fused-ring (bicyclic) bond motifs is 1. The van der Waals surface area contributed by atoms with E-state index in [0.717, 1.165) is 5.39 Å². The summed E-state index contributed by atoms with van der Waals surface area (Å²) in [4.78, 5) is 19.9. The van der Waals surface area contributed by atoms with Crippen molar-refractivity contribution in [1.29, 1.82) is 0 Å². The van der Waals surface area contributed by atoms with E-state index >= 15 is 0 Å². The number of aromatic nitrogens is 4. The van der Waals surface area contributed by atoms with Crippen molar-refractivity contribution in [2.24, 2.45) is 0 Å². The molecule has 3 aromatic rings. The van der Waals surface area contributed by atoms with E-state index in [1.807, 2.05) is 6.07 Å². The first kappa shape index (κ1) is 10.4. The lowest BCUT2D eigenvalue weighted by molar-refractivity contribution is 0.102. The summed E-state index contributed by atoms with van der Waals surface area (Å²) in [6.45, 7) is 0. The van der Waals surface area contributed by atoms with Crippen LogP contribution in [0.1, 0.15) is 10.4 Å². The molecule has 0 spiro atoms. The second-order valence-electron chi connectivity index (χ2n) is 3.67. The highest BCUT2D eigenvalue weighted by Gasteiger charge is 2.10. The normalized spacial score (nSPS) is 10.4. The van der Waals surface area contributed by atoms with Gasteiger partial charge in [-0.25, -0.2) is 4.98 Å². The lowest BCUT2D eigenvalue weighted by Gasteiger charge is -2.02. The molecule has 6 heteroatoms. The van der Waals surface area contributed by atoms with Gasteiger partial charge in [-0.05, 0) is 24.3 Å². The van der Waals surface area contributed by atoms with Crippen molar-refractivity contribution in [3.63, 3.8) is 0 Å². The summed E-state index contributed by atoms with van der Waals surface area (Å²) in [5.41, 5.74) is 1.06. The van der Waals surface area contributed by atoms with Crippen LogP contribution in [-0.4, -0.2) is 26.1 Å². The Kier molecular flexibility index (Phi) is 2.45. The Morgan fingerprint density at radius 1 is 1.22 bits per heavy atom. The van der Waals surface area contributed by atoms with Crippen LogP contribution in [0.2, 0.25) is 0 Å². The molecule has 0 atom stereocenters. The molecule has 88 valence electrons. The SMILES string of the molecule is O=C(Nc1[nH]nc2ncccc12)c1cccnc1. The molecule has 0 aliphatic rings. The summed E-state index contributed by atoms with van der Waals surface area (Å²) in [7, 11) is 0. The van der Waals surface area contributed by atoms with Gasteiger partial charge in [-0.2, -0.15) is 5.10 Å². The van der Waals surface area contributed by atoms with Crippen LogP contribution in [0.5, 0.6) is 0 Å². The van der Waals surface area contributed by atoms with Gasteiger partial charge in [0.25, 0.3) is 5.91 Å². The number of carbonyl (C=O) groups excluding carboxylic acids is 1. The van der Waals surface area contributed by atoms with Gasteiger partial charge < -0.3 is 5.32 Å². The molecule has 0 aliphatic carbocycles. The Hall–Kier alpha value is -2.76. The fourth-order valence-corrected chi connectivity index (χ4v) is 1.63. The molecule has 2 N–H and O–H groups in total. The molecule has 0 fully saturated rings. The summed E-state index contributed by atoms with van der Waals surface area (Å²) in [6, 6.07) is 7.03. The molecule has 0 aliphatic heterocycles. The molecule has 0 radical (unpaired) electrons. The van der Waals surface area contributed by atoms with Gasteiger partial charge >= 0.3 is 0 Å². The third kappa shape index (κ3) is 1.80. The third-order valence-electron chi connectivity index (χ3n) is 2.49. The van der Waals surface area contributed by atoms with E-state index < -0.39 is 0 Å². The van der Waals surface area contributed by atoms with E-state index in [2.05, 4.69) is 25.5 Å². The number of hydrogen-bond acceptors (Lipinski definition) is 4. The van der Waals surface area contributed by atoms with Crippen LogP contribution in [0, 0.1) is 0 Å². The van der Waals surface area contributed by atoms with E-state index in [0.29, 0.717) is 17.0 Å². The van der Waals surface area contributed by atoms with Crippen molar-refractivity contribution in [2.75, 3.05) is 5.32 Å². The Labute approximate surface area is 102 Å². The molecule has 0 saturated heterocycles. The molecule has 3 rings (SSSR count). The number of pyridine rings is 2. The van der Waals surface area contributed by atoms with E-state index in [4.69, 9.17) is 0 Å². The summed E-state index contributed by atoms with van der Waals surface area (Å²) in [5.74, 6) is 0.296. The zero-order valence-corrected chi connectivity index (χ0v) is 9.29. The molecule has 1 amide bonds. The van der Waals surface area contributed by atoms with Crippen LogP contribution in [0.4, 0.5) is 5.82 Å². The van der Waals surface area contributed by atoms with Crippen LogP contribution in [0.15, 0.2) is 42.9 Å². The second-order valence-corrected chi connectivity index (χ2v) is 3.67. The van der Waals surface area contributed by atoms with E-state index in [-0.39, 0.29) is 5.91 Å². The Morgan fingerprint density at radius 3 is 2.94 bits per heavy atom. The monoisotopic (exact) mass is 239 g/mol. The highest BCUT2D eigenvalue weighted by atomic mass is 16.1. The van der Waals surface area contributed by atoms with Crippen molar-refractivity contribution in [1.82, 2.24) is 20.2 Å². The molecule has 3 aromatic heterocycles. The summed E-state index contributed by atoms with van der Waals surface area (Å²) in [5, 5.41) is 10.3. The number of H-pyrrole nitrogens is 1. The molecular weight excluding hydrogens is 230 g/mol. The summed E-state index contributed by atoms with van der Waals surface area (Å²) < 4.78 is 0. The van der Waals surface area contributed by atoms with Crippen LogP contribution in [0.3, 0.4) is 0 Å². The van der Waals surface area contributed by atoms with E-state index in [9.17, 15) is 4.79 Å². The smallest absolute Gasteiger partial charge is 0.258 e. The van der Waals surface area contributed by atoms with Crippen molar-refractivity contribution >= 4 is 22.8 Å². The third-order valence-corrected chi connectivity index (χ3v) is 2.49. The number of amides is 1. The average Bonchev–Trinajstić information content (AvgIpc) is 2.83. The van der Waals surface area contributed by atoms with Gasteiger partial charge in [-0.3, -0.25) is 14.9 Å². The zero-order valence-electron chi connectivity index (χ0n) is 9.29. The summed E-state index contributed by atoms with van der Waals surface area (Å²) in [6.07, 6.45) is 4.77. The predicted octanol–water partition coefficient (Wildman–Crippen LogP) is 1.61. The van der Waals surface area contributed by atoms with Gasteiger partial charge in [-0.15, -0.1) is 0 Å². The second kappa shape index (κ2) is 4.25. The van der Waals surface area contributed by atoms with Crippen molar-refractivity contribution in [3.8, 4) is 0 Å². The van der Waals surface area contributed by atoms with Crippen LogP contribution in [-0.2, 0) is 0 Å². The maximum absolute atomic E-state index is 11.9. The van der Waals surface area contributed by atoms with Gasteiger partial charge in [0.15, 0.2) is 5.65 Å². The standard InChI is InChI=1S/C12H9N5O/c18-12(8-3-1-5-13-7-8)15-11-9-4-2-6-14-10(9)16-17-11/h1-7H,(H2,14,15,16,17,18). The number of aromatic amines is 1. The topological polar surface area (TPSA) is 83.6 Å². The van der Waals surface area contributed by atoms with E-state index in [1.54, 1.807) is 30.6 Å². The minimum absolute atomic E-state index is 0.238. The van der Waals surface area contributed by atoms with Crippen LogP contribution < -0.4 is 5.32 Å². The minimum Gasteiger partial charge on any atom is -0.306 e. The molecule has 0 saturated carbocycles. The largest absolute Gasteiger partial charge is 0.306 e. The Balaban J connectivity index is 1.91. The van der Waals surface area contributed by atoms with Crippen LogP contribution in [0.25, 0.3) is 11.0 Å². The predicted molar refractivity (Wildman–Crippen MR) is 66.1 cm³/mol. The first-order valence-electron chi connectivity index (χ1n) is 5.35. The fraction of sp³-hybridized carbons (Fsp3) is 0. The average molecular weight is 239 g/mol. The molecular formula is C12H9N5O. The van der Waals surface area contributed by atoms with Gasteiger partial charge in [0.2, 0.25) is 0 Å². The zero-order chi connectivity index (χ0) is 12.4. The maximum Gasteiger partial charge on any atom is 0.258 e. The number of anilines is 1. The van der Waals surface area contributed by atoms with Gasteiger partial charge in [0, 0.05) is 18.6 Å². The van der Waals surface area contributed by atoms with E-state index in [1.165, 1.54) is 6.20 Å². The maximum atomic E-state index is 11.9. The number of nitrogens with zero attached hydrogens (tertiary/aromatic N) is 3. The first-order valence-corrected chi connectivity index (χ1v) is 5.35. The summed E-state index contributed by atoms with van der Waals surface area (Å²) >= 11 is 0. The first-order chi connectivity index (χ1) is 8.84. The van der Waals surface area contributed by atoms with Crippen molar-refractivity contribution in [2.45, 2.75) is 0 Å². The number of carbonyl (C=O) groups is 1. The van der Waals surface area contributed by atoms with Crippen LogP contribution >= 0.6 is 0 Å². The molecule has 6 nitrogen and oxygen atoms in total. The molecule has 0 unspecified atom stereocenters. The number of hydrogen-bond donors (Lipinski definition) is 2. The fourth-order valence-electron chi connectivity index (χ4n) is 1.63. The van der Waals surface area contributed by atoms with Crippen molar-refractivity contribution in [3.05, 3.63) is 48.4 Å². The van der Waals surface area contributed by atoms with Crippen molar-refractivity contribution < 1.29 is 4.79 Å². The minimum atomic E-state index is -0.238. The number of nitrogens with one attached hydrogen (secondary N) is 2. The van der Waals surface area contributed by atoms with Gasteiger partial charge in [0.1, 0.15) is 5.82 Å². The van der Waals surface area contributed by atoms with Gasteiger partial charge in [0.05, 0.1) is 10.9 Å². The van der Waals surface area contributed by atoms with Gasteiger partial charge in [-0.1, -0.05) is 0 Å². The quantitative estimate of drug-likeness (QED) is 0.711. The highest BCUT2D eigenvalue weighted by Crippen LogP contribution is 2.18.